The van der Waals surface area contributed by atoms with Gasteiger partial charge < -0.3 is 20.3 Å². The summed E-state index contributed by atoms with van der Waals surface area (Å²) in [6, 6.07) is 1.88. The Kier molecular flexibility index (Phi) is 2.46. The van der Waals surface area contributed by atoms with Crippen LogP contribution in [0.15, 0.2) is 18.6 Å². The molecule has 3 heterocycles. The van der Waals surface area contributed by atoms with Crippen LogP contribution in [-0.4, -0.2) is 44.2 Å². The molecule has 7 nitrogen and oxygen atoms in total. The summed E-state index contributed by atoms with van der Waals surface area (Å²) < 4.78 is 1.91. The maximum absolute atomic E-state index is 11.2. The predicted molar refractivity (Wildman–Crippen MR) is 69.9 cm³/mol. The van der Waals surface area contributed by atoms with Crippen molar-refractivity contribution in [3.63, 3.8) is 0 Å². The van der Waals surface area contributed by atoms with Gasteiger partial charge in [-0.2, -0.15) is 0 Å². The molecule has 0 aromatic carbocycles. The van der Waals surface area contributed by atoms with Gasteiger partial charge in [-0.3, -0.25) is 4.79 Å². The van der Waals surface area contributed by atoms with Crippen molar-refractivity contribution in [2.24, 2.45) is 12.8 Å². The van der Waals surface area contributed by atoms with E-state index in [9.17, 15) is 4.79 Å². The maximum atomic E-state index is 11.2. The Morgan fingerprint density at radius 2 is 2.32 bits per heavy atom. The van der Waals surface area contributed by atoms with Crippen molar-refractivity contribution in [2.75, 3.05) is 18.0 Å². The molecule has 3 N–H and O–H groups in total. The van der Waals surface area contributed by atoms with E-state index in [-0.39, 0.29) is 6.54 Å². The summed E-state index contributed by atoms with van der Waals surface area (Å²) in [5.74, 6) is -0.269. The summed E-state index contributed by atoms with van der Waals surface area (Å²) in [4.78, 5) is 21.7. The number of hydrogen-bond donors (Lipinski definition) is 2. The molecule has 1 atom stereocenters. The third-order valence-electron chi connectivity index (χ3n) is 3.65. The molecule has 0 saturated carbocycles. The molecule has 0 amide bonds. The molecule has 0 radical (unpaired) electrons. The second-order valence-electron chi connectivity index (χ2n) is 4.99. The molecule has 1 unspecified atom stereocenters. The first kappa shape index (κ1) is 11.9. The number of carboxylic acids is 1. The van der Waals surface area contributed by atoms with Gasteiger partial charge in [0.15, 0.2) is 5.82 Å². The molecule has 19 heavy (non-hydrogen) atoms. The molecule has 100 valence electrons. The molecule has 0 bridgehead atoms. The van der Waals surface area contributed by atoms with Crippen LogP contribution in [0.3, 0.4) is 0 Å². The van der Waals surface area contributed by atoms with Crippen molar-refractivity contribution in [3.05, 3.63) is 18.6 Å². The van der Waals surface area contributed by atoms with Gasteiger partial charge in [0.25, 0.3) is 0 Å². The van der Waals surface area contributed by atoms with Crippen molar-refractivity contribution in [1.82, 2.24) is 14.5 Å². The summed E-state index contributed by atoms with van der Waals surface area (Å²) >= 11 is 0. The van der Waals surface area contributed by atoms with Crippen LogP contribution >= 0.6 is 0 Å². The van der Waals surface area contributed by atoms with Gasteiger partial charge in [-0.05, 0) is 12.5 Å². The van der Waals surface area contributed by atoms with Crippen molar-refractivity contribution in [1.29, 1.82) is 0 Å². The number of imidazole rings is 1. The van der Waals surface area contributed by atoms with Gasteiger partial charge in [-0.1, -0.05) is 0 Å². The molecule has 3 rings (SSSR count). The fraction of sp³-hybridized carbons (Fsp3) is 0.417. The minimum Gasteiger partial charge on any atom is -0.480 e. The molecule has 1 aliphatic rings. The monoisotopic (exact) mass is 261 g/mol. The molecule has 0 aliphatic carbocycles. The Bertz CT molecular complexity index is 653. The van der Waals surface area contributed by atoms with Gasteiger partial charge in [0.2, 0.25) is 0 Å². The normalized spacial score (nSPS) is 23.2. The van der Waals surface area contributed by atoms with E-state index < -0.39 is 11.5 Å². The number of anilines is 1. The van der Waals surface area contributed by atoms with Gasteiger partial charge in [-0.25, -0.2) is 9.97 Å². The van der Waals surface area contributed by atoms with Crippen LogP contribution in [0.1, 0.15) is 6.42 Å². The average molecular weight is 261 g/mol. The van der Waals surface area contributed by atoms with Crippen LogP contribution in [0.5, 0.6) is 0 Å². The topological polar surface area (TPSA) is 97.3 Å². The zero-order chi connectivity index (χ0) is 13.6. The number of nitrogens with two attached hydrogens (primary N) is 1. The largest absolute Gasteiger partial charge is 0.480 e. The summed E-state index contributed by atoms with van der Waals surface area (Å²) in [7, 11) is 1.91. The lowest BCUT2D eigenvalue weighted by atomic mass is 10.0. The third kappa shape index (κ3) is 1.74. The molecule has 7 heteroatoms. The number of aliphatic carboxylic acids is 1. The van der Waals surface area contributed by atoms with Crippen LogP contribution < -0.4 is 10.6 Å². The highest BCUT2D eigenvalue weighted by Crippen LogP contribution is 2.28. The summed E-state index contributed by atoms with van der Waals surface area (Å²) in [5, 5.41) is 9.16. The fourth-order valence-electron chi connectivity index (χ4n) is 2.47. The van der Waals surface area contributed by atoms with E-state index in [2.05, 4.69) is 9.97 Å². The average Bonchev–Trinajstić information content (AvgIpc) is 2.95. The van der Waals surface area contributed by atoms with Crippen molar-refractivity contribution >= 4 is 22.8 Å². The van der Waals surface area contributed by atoms with E-state index in [1.807, 2.05) is 22.6 Å². The van der Waals surface area contributed by atoms with E-state index >= 15 is 0 Å². The summed E-state index contributed by atoms with van der Waals surface area (Å²) in [6.07, 6.45) is 3.84. The lowest BCUT2D eigenvalue weighted by molar-refractivity contribution is -0.142. The molecular weight excluding hydrogens is 246 g/mol. The highest BCUT2D eigenvalue weighted by molar-refractivity contribution is 5.88. The van der Waals surface area contributed by atoms with Crippen LogP contribution in [0.2, 0.25) is 0 Å². The first-order valence-electron chi connectivity index (χ1n) is 6.04. The minimum atomic E-state index is -1.20. The van der Waals surface area contributed by atoms with Gasteiger partial charge in [0.1, 0.15) is 11.1 Å². The Morgan fingerprint density at radius 3 is 3.00 bits per heavy atom. The number of nitrogens with zero attached hydrogens (tertiary/aromatic N) is 4. The zero-order valence-corrected chi connectivity index (χ0v) is 10.6. The number of pyridine rings is 1. The number of carbonyl (C=O) groups is 1. The second-order valence-corrected chi connectivity index (χ2v) is 4.99. The number of fused-ring (bicyclic) bond motifs is 1. The Morgan fingerprint density at radius 1 is 1.53 bits per heavy atom. The number of carboxylic acid groups (broad SMARTS) is 1. The van der Waals surface area contributed by atoms with E-state index in [0.717, 1.165) is 11.0 Å². The number of aryl methyl sites for hydroxylation is 1. The number of aromatic nitrogens is 3. The predicted octanol–water partition coefficient (Wildman–Crippen LogP) is -0.0395. The van der Waals surface area contributed by atoms with E-state index in [1.54, 1.807) is 12.5 Å². The lowest BCUT2D eigenvalue weighted by Crippen LogP contribution is -2.50. The summed E-state index contributed by atoms with van der Waals surface area (Å²) in [5.41, 5.74) is 6.43. The molecule has 2 aromatic rings. The highest BCUT2D eigenvalue weighted by atomic mass is 16.4. The molecule has 0 spiro atoms. The number of hydrogen-bond acceptors (Lipinski definition) is 5. The van der Waals surface area contributed by atoms with Gasteiger partial charge in [0.05, 0.1) is 11.8 Å². The molecular formula is C12H15N5O2. The highest BCUT2D eigenvalue weighted by Gasteiger charge is 2.42. The Hall–Kier alpha value is -2.15. The first-order chi connectivity index (χ1) is 9.01. The van der Waals surface area contributed by atoms with Crippen molar-refractivity contribution < 1.29 is 9.90 Å². The van der Waals surface area contributed by atoms with Gasteiger partial charge in [-0.15, -0.1) is 0 Å². The quantitative estimate of drug-likeness (QED) is 0.787. The van der Waals surface area contributed by atoms with E-state index in [0.29, 0.717) is 18.8 Å². The molecule has 2 aromatic heterocycles. The second kappa shape index (κ2) is 3.92. The van der Waals surface area contributed by atoms with E-state index in [4.69, 9.17) is 10.8 Å². The minimum absolute atomic E-state index is 0.255. The first-order valence-corrected chi connectivity index (χ1v) is 6.04. The smallest absolute Gasteiger partial charge is 0.325 e. The maximum Gasteiger partial charge on any atom is 0.325 e. The lowest BCUT2D eigenvalue weighted by Gasteiger charge is -2.20. The van der Waals surface area contributed by atoms with Crippen molar-refractivity contribution in [3.8, 4) is 0 Å². The third-order valence-corrected chi connectivity index (χ3v) is 3.65. The van der Waals surface area contributed by atoms with Crippen molar-refractivity contribution in [2.45, 2.75) is 12.0 Å². The molecule has 1 saturated heterocycles. The fourth-order valence-corrected chi connectivity index (χ4v) is 2.47. The van der Waals surface area contributed by atoms with Crippen LogP contribution in [0.25, 0.3) is 11.0 Å². The standard InChI is InChI=1S/C12H15N5O2/c1-16-7-15-9-8(16)2-4-14-10(9)17-5-3-12(13,6-17)11(18)19/h2,4,7H,3,5-6,13H2,1H3,(H,18,19). The Labute approximate surface area is 109 Å². The summed E-state index contributed by atoms with van der Waals surface area (Å²) in [6.45, 7) is 0.830. The van der Waals surface area contributed by atoms with Gasteiger partial charge in [0, 0.05) is 26.3 Å². The number of rotatable bonds is 2. The van der Waals surface area contributed by atoms with Crippen LogP contribution in [0, 0.1) is 0 Å². The van der Waals surface area contributed by atoms with Gasteiger partial charge >= 0.3 is 5.97 Å². The Balaban J connectivity index is 2.00. The molecule has 1 fully saturated rings. The van der Waals surface area contributed by atoms with E-state index in [1.165, 1.54) is 0 Å². The SMILES string of the molecule is Cn1cnc2c(N3CCC(N)(C(=O)O)C3)nccc21. The molecule has 1 aliphatic heterocycles. The zero-order valence-electron chi connectivity index (χ0n) is 10.6. The van der Waals surface area contributed by atoms with Crippen LogP contribution in [0.4, 0.5) is 5.82 Å². The van der Waals surface area contributed by atoms with Crippen LogP contribution in [-0.2, 0) is 11.8 Å².